The molecule has 0 aliphatic rings. The van der Waals surface area contributed by atoms with Gasteiger partial charge in [-0.25, -0.2) is 0 Å². The lowest BCUT2D eigenvalue weighted by Crippen LogP contribution is -2.28. The Balaban J connectivity index is 2.44. The molecule has 2 aromatic carbocycles. The number of hydrogen-bond acceptors (Lipinski definition) is 0. The minimum Gasteiger partial charge on any atom is -0.0622 e. The molecule has 0 aliphatic heterocycles. The first-order valence-electron chi connectivity index (χ1n) is 10.5. The van der Waals surface area contributed by atoms with Gasteiger partial charge in [0.1, 0.15) is 0 Å². The summed E-state index contributed by atoms with van der Waals surface area (Å²) in [6.07, 6.45) is 3.50. The lowest BCUT2D eigenvalue weighted by molar-refractivity contribution is 0.496. The molecule has 0 nitrogen and oxygen atoms in total. The number of aryl methyl sites for hydroxylation is 2. The van der Waals surface area contributed by atoms with E-state index in [0.717, 1.165) is 12.8 Å². The molecule has 2 aromatic rings. The number of hydrogen-bond donors (Lipinski definition) is 0. The van der Waals surface area contributed by atoms with Crippen LogP contribution in [0.25, 0.3) is 0 Å². The third-order valence-electron chi connectivity index (χ3n) is 5.34. The van der Waals surface area contributed by atoms with Gasteiger partial charge in [0.05, 0.1) is 0 Å². The van der Waals surface area contributed by atoms with E-state index in [1.165, 1.54) is 28.7 Å². The van der Waals surface area contributed by atoms with E-state index in [1.54, 1.807) is 5.56 Å². The van der Waals surface area contributed by atoms with Gasteiger partial charge in [0, 0.05) is 0 Å². The molecule has 2 rings (SSSR count). The van der Waals surface area contributed by atoms with Crippen LogP contribution in [0.2, 0.25) is 0 Å². The monoisotopic (exact) mass is 364 g/mol. The number of benzene rings is 2. The van der Waals surface area contributed by atoms with Crippen molar-refractivity contribution in [1.29, 1.82) is 0 Å². The Morgan fingerprint density at radius 2 is 1.00 bits per heavy atom. The molecule has 148 valence electrons. The second kappa shape index (κ2) is 7.82. The van der Waals surface area contributed by atoms with Gasteiger partial charge in [0.15, 0.2) is 0 Å². The van der Waals surface area contributed by atoms with Crippen LogP contribution in [0.5, 0.6) is 0 Å². The minimum absolute atomic E-state index is 0.147. The highest BCUT2D eigenvalue weighted by Crippen LogP contribution is 2.41. The Bertz CT molecular complexity index is 708. The second-order valence-corrected chi connectivity index (χ2v) is 11.2. The molecule has 0 aromatic heterocycles. The molecule has 0 amide bonds. The molecule has 27 heavy (non-hydrogen) atoms. The Morgan fingerprint density at radius 3 is 1.41 bits per heavy atom. The summed E-state index contributed by atoms with van der Waals surface area (Å²) < 4.78 is 0. The highest BCUT2D eigenvalue weighted by atomic mass is 14.4. The van der Waals surface area contributed by atoms with Crippen LogP contribution in [-0.2, 0) is 29.1 Å². The molecule has 0 saturated heterocycles. The fourth-order valence-electron chi connectivity index (χ4n) is 3.98. The zero-order chi connectivity index (χ0) is 20.5. The molecule has 0 aliphatic carbocycles. The third kappa shape index (κ3) is 5.71. The van der Waals surface area contributed by atoms with Crippen molar-refractivity contribution in [1.82, 2.24) is 0 Å². The van der Waals surface area contributed by atoms with Gasteiger partial charge in [0.2, 0.25) is 0 Å². The van der Waals surface area contributed by atoms with Gasteiger partial charge in [-0.3, -0.25) is 0 Å². The molecule has 0 N–H and O–H groups in total. The van der Waals surface area contributed by atoms with Crippen LogP contribution in [0.15, 0.2) is 42.5 Å². The Hall–Kier alpha value is -1.56. The highest BCUT2D eigenvalue weighted by Gasteiger charge is 2.32. The molecule has 0 bridgehead atoms. The van der Waals surface area contributed by atoms with Crippen LogP contribution in [0.3, 0.4) is 0 Å². The summed E-state index contributed by atoms with van der Waals surface area (Å²) in [5.41, 5.74) is 7.98. The summed E-state index contributed by atoms with van der Waals surface area (Å²) in [6, 6.07) is 15.9. The van der Waals surface area contributed by atoms with Crippen LogP contribution >= 0.6 is 0 Å². The second-order valence-electron chi connectivity index (χ2n) is 11.2. The average molecular weight is 365 g/mol. The lowest BCUT2D eigenvalue weighted by atomic mass is 9.68. The summed E-state index contributed by atoms with van der Waals surface area (Å²) in [6.45, 7) is 21.2. The summed E-state index contributed by atoms with van der Waals surface area (Å²) in [5.74, 6) is 0. The SMILES string of the molecule is CC(C)(C)c1cc(CCCc2ccccc2)cc(C(C)(C)C)c1C(C)(C)C. The van der Waals surface area contributed by atoms with Crippen LogP contribution in [-0.4, -0.2) is 0 Å². The van der Waals surface area contributed by atoms with E-state index in [9.17, 15) is 0 Å². The average Bonchev–Trinajstić information content (AvgIpc) is 2.52. The van der Waals surface area contributed by atoms with E-state index < -0.39 is 0 Å². The fourth-order valence-corrected chi connectivity index (χ4v) is 3.98. The van der Waals surface area contributed by atoms with E-state index in [1.807, 2.05) is 0 Å². The van der Waals surface area contributed by atoms with E-state index in [0.29, 0.717) is 0 Å². The molecule has 0 heteroatoms. The Morgan fingerprint density at radius 1 is 0.556 bits per heavy atom. The van der Waals surface area contributed by atoms with Gasteiger partial charge in [-0.2, -0.15) is 0 Å². The smallest absolute Gasteiger partial charge is 0.0126 e. The largest absolute Gasteiger partial charge is 0.0622 e. The van der Waals surface area contributed by atoms with Crippen molar-refractivity contribution in [3.05, 3.63) is 70.3 Å². The predicted octanol–water partition coefficient (Wildman–Crippen LogP) is 7.75. The molecule has 0 unspecified atom stereocenters. The van der Waals surface area contributed by atoms with Gasteiger partial charge in [-0.05, 0) is 63.3 Å². The van der Waals surface area contributed by atoms with Gasteiger partial charge in [-0.15, -0.1) is 0 Å². The predicted molar refractivity (Wildman–Crippen MR) is 121 cm³/mol. The van der Waals surface area contributed by atoms with Crippen molar-refractivity contribution in [3.63, 3.8) is 0 Å². The van der Waals surface area contributed by atoms with Gasteiger partial charge < -0.3 is 0 Å². The quantitative estimate of drug-likeness (QED) is 0.520. The van der Waals surface area contributed by atoms with Crippen LogP contribution in [0, 0.1) is 0 Å². The van der Waals surface area contributed by atoms with E-state index >= 15 is 0 Å². The van der Waals surface area contributed by atoms with Crippen molar-refractivity contribution in [2.45, 2.75) is 97.8 Å². The molecular formula is C27H40. The van der Waals surface area contributed by atoms with Crippen LogP contribution in [0.4, 0.5) is 0 Å². The maximum absolute atomic E-state index is 2.50. The summed E-state index contributed by atoms with van der Waals surface area (Å²) in [7, 11) is 0. The van der Waals surface area contributed by atoms with Gasteiger partial charge in [-0.1, -0.05) is 105 Å². The maximum Gasteiger partial charge on any atom is -0.0126 e. The zero-order valence-corrected chi connectivity index (χ0v) is 19.2. The molecular weight excluding hydrogens is 324 g/mol. The first-order chi connectivity index (χ1) is 12.3. The first kappa shape index (κ1) is 21.7. The molecule has 0 radical (unpaired) electrons. The molecule has 0 atom stereocenters. The fraction of sp³-hybridized carbons (Fsp3) is 0.556. The summed E-state index contributed by atoms with van der Waals surface area (Å²) in [4.78, 5) is 0. The highest BCUT2D eigenvalue weighted by molar-refractivity contribution is 5.49. The van der Waals surface area contributed by atoms with E-state index in [4.69, 9.17) is 0 Å². The first-order valence-corrected chi connectivity index (χ1v) is 10.5. The lowest BCUT2D eigenvalue weighted by Gasteiger charge is -2.37. The molecule has 0 spiro atoms. The van der Waals surface area contributed by atoms with Crippen molar-refractivity contribution >= 4 is 0 Å². The molecule has 0 fully saturated rings. The number of rotatable bonds is 4. The standard InChI is InChI=1S/C27H40/c1-25(2,3)22-18-21(17-13-16-20-14-11-10-12-15-20)19-23(26(4,5)6)24(22)27(7,8)9/h10-12,14-15,18-19H,13,16-17H2,1-9H3. The van der Waals surface area contributed by atoms with Crippen molar-refractivity contribution in [2.75, 3.05) is 0 Å². The summed E-state index contributed by atoms with van der Waals surface area (Å²) >= 11 is 0. The Labute approximate surface area is 168 Å². The van der Waals surface area contributed by atoms with Gasteiger partial charge in [0.25, 0.3) is 0 Å². The normalized spacial score (nSPS) is 13.1. The molecule has 0 saturated carbocycles. The van der Waals surface area contributed by atoms with Gasteiger partial charge >= 0.3 is 0 Å². The van der Waals surface area contributed by atoms with E-state index in [2.05, 4.69) is 105 Å². The Kier molecular flexibility index (Phi) is 6.30. The van der Waals surface area contributed by atoms with Crippen molar-refractivity contribution in [3.8, 4) is 0 Å². The van der Waals surface area contributed by atoms with Crippen molar-refractivity contribution < 1.29 is 0 Å². The summed E-state index contributed by atoms with van der Waals surface area (Å²) in [5, 5.41) is 0. The van der Waals surface area contributed by atoms with Crippen LogP contribution in [0.1, 0.15) is 96.6 Å². The topological polar surface area (TPSA) is 0 Å². The minimum atomic E-state index is 0.147. The third-order valence-corrected chi connectivity index (χ3v) is 5.34. The van der Waals surface area contributed by atoms with Crippen molar-refractivity contribution in [2.24, 2.45) is 0 Å². The van der Waals surface area contributed by atoms with E-state index in [-0.39, 0.29) is 16.2 Å². The van der Waals surface area contributed by atoms with Crippen LogP contribution < -0.4 is 0 Å². The molecule has 0 heterocycles. The zero-order valence-electron chi connectivity index (χ0n) is 19.2. The maximum atomic E-state index is 2.50.